The Morgan fingerprint density at radius 2 is 2.25 bits per heavy atom. The zero-order valence-electron chi connectivity index (χ0n) is 11.9. The monoisotopic (exact) mass is 293 g/mol. The number of amides is 1. The lowest BCUT2D eigenvalue weighted by atomic mass is 10.1. The fourth-order valence-corrected chi connectivity index (χ4v) is 3.43. The molecule has 4 nitrogen and oxygen atoms in total. The summed E-state index contributed by atoms with van der Waals surface area (Å²) >= 11 is 1.71. The summed E-state index contributed by atoms with van der Waals surface area (Å²) in [4.78, 5) is 18.5. The van der Waals surface area contributed by atoms with Crippen molar-refractivity contribution in [2.45, 2.75) is 44.6 Å². The van der Waals surface area contributed by atoms with Crippen LogP contribution < -0.4 is 5.32 Å². The molecular formula is C15H23N3OS. The number of thiazole rings is 1. The van der Waals surface area contributed by atoms with E-state index < -0.39 is 0 Å². The number of carbonyl (C=O) groups is 1. The normalized spacial score (nSPS) is 23.9. The average Bonchev–Trinajstić information content (AvgIpc) is 3.15. The van der Waals surface area contributed by atoms with E-state index in [4.69, 9.17) is 0 Å². The predicted molar refractivity (Wildman–Crippen MR) is 80.8 cm³/mol. The molecule has 1 aromatic heterocycles. The number of carbonyl (C=O) groups excluding carboxylic acids is 1. The second-order valence-corrected chi connectivity index (χ2v) is 6.92. The Hall–Kier alpha value is -0.940. The van der Waals surface area contributed by atoms with Crippen LogP contribution in [0.3, 0.4) is 0 Å². The molecule has 0 aromatic carbocycles. The van der Waals surface area contributed by atoms with Gasteiger partial charge in [-0.15, -0.1) is 11.3 Å². The Balaban J connectivity index is 1.40. The minimum atomic E-state index is 0.362. The summed E-state index contributed by atoms with van der Waals surface area (Å²) in [7, 11) is 0. The van der Waals surface area contributed by atoms with Crippen molar-refractivity contribution >= 4 is 17.2 Å². The van der Waals surface area contributed by atoms with Crippen molar-refractivity contribution in [2.75, 3.05) is 19.6 Å². The molecule has 0 radical (unpaired) electrons. The molecule has 1 amide bonds. The van der Waals surface area contributed by atoms with Gasteiger partial charge in [0.15, 0.2) is 0 Å². The topological polar surface area (TPSA) is 45.2 Å². The minimum absolute atomic E-state index is 0.362. The highest BCUT2D eigenvalue weighted by Crippen LogP contribution is 2.30. The van der Waals surface area contributed by atoms with Crippen molar-refractivity contribution in [3.63, 3.8) is 0 Å². The number of nitrogens with one attached hydrogen (secondary N) is 1. The predicted octanol–water partition coefficient (Wildman–Crippen LogP) is 2.07. The average molecular weight is 293 g/mol. The summed E-state index contributed by atoms with van der Waals surface area (Å²) in [5.41, 5.74) is 0. The number of rotatable bonds is 6. The van der Waals surface area contributed by atoms with Crippen molar-refractivity contribution in [1.82, 2.24) is 15.2 Å². The molecule has 0 spiro atoms. The number of hydrogen-bond donors (Lipinski definition) is 1. The molecule has 1 saturated heterocycles. The first-order valence-corrected chi connectivity index (χ1v) is 8.59. The van der Waals surface area contributed by atoms with Crippen molar-refractivity contribution in [3.05, 3.63) is 16.6 Å². The highest BCUT2D eigenvalue weighted by molar-refractivity contribution is 7.09. The zero-order chi connectivity index (χ0) is 13.8. The van der Waals surface area contributed by atoms with Gasteiger partial charge in [-0.3, -0.25) is 4.79 Å². The van der Waals surface area contributed by atoms with E-state index in [9.17, 15) is 4.79 Å². The van der Waals surface area contributed by atoms with Crippen LogP contribution in [0.1, 0.15) is 37.1 Å². The molecule has 0 bridgehead atoms. The Labute approximate surface area is 124 Å². The van der Waals surface area contributed by atoms with E-state index in [1.165, 1.54) is 17.8 Å². The largest absolute Gasteiger partial charge is 0.342 e. The highest BCUT2D eigenvalue weighted by Gasteiger charge is 2.28. The van der Waals surface area contributed by atoms with E-state index >= 15 is 0 Å². The third-order valence-corrected chi connectivity index (χ3v) is 5.08. The van der Waals surface area contributed by atoms with Gasteiger partial charge >= 0.3 is 0 Å². The molecule has 3 rings (SSSR count). The summed E-state index contributed by atoms with van der Waals surface area (Å²) in [5, 5.41) is 6.81. The molecule has 1 aliphatic heterocycles. The Morgan fingerprint density at radius 3 is 3.00 bits per heavy atom. The molecule has 1 aliphatic carbocycles. The second-order valence-electron chi connectivity index (χ2n) is 5.94. The molecule has 110 valence electrons. The Morgan fingerprint density at radius 1 is 1.35 bits per heavy atom. The van der Waals surface area contributed by atoms with Crippen LogP contribution in [0.2, 0.25) is 0 Å². The summed E-state index contributed by atoms with van der Waals surface area (Å²) < 4.78 is 0. The van der Waals surface area contributed by atoms with Crippen LogP contribution in [-0.2, 0) is 11.2 Å². The summed E-state index contributed by atoms with van der Waals surface area (Å²) in [6, 6.07) is 0.489. The van der Waals surface area contributed by atoms with Crippen molar-refractivity contribution < 1.29 is 4.79 Å². The van der Waals surface area contributed by atoms with Gasteiger partial charge < -0.3 is 10.2 Å². The quantitative estimate of drug-likeness (QED) is 0.873. The van der Waals surface area contributed by atoms with E-state index in [0.29, 0.717) is 18.4 Å². The van der Waals surface area contributed by atoms with Crippen molar-refractivity contribution in [3.8, 4) is 0 Å². The minimum Gasteiger partial charge on any atom is -0.342 e. The molecule has 1 saturated carbocycles. The molecule has 1 N–H and O–H groups in total. The molecule has 20 heavy (non-hydrogen) atoms. The molecule has 2 heterocycles. The highest BCUT2D eigenvalue weighted by atomic mass is 32.1. The lowest BCUT2D eigenvalue weighted by Gasteiger charge is -2.20. The molecule has 2 fully saturated rings. The fourth-order valence-electron chi connectivity index (χ4n) is 2.81. The van der Waals surface area contributed by atoms with E-state index in [1.807, 2.05) is 11.6 Å². The van der Waals surface area contributed by atoms with Gasteiger partial charge in [-0.25, -0.2) is 4.98 Å². The standard InChI is InChI=1S/C15H23N3OS/c19-15-4-3-13(6-9-18(15)11-12-1-2-12)16-7-5-14-17-8-10-20-14/h8,10,12-13,16H,1-7,9,11H2/t13-/m1/s1. The molecular weight excluding hydrogens is 270 g/mol. The van der Waals surface area contributed by atoms with Gasteiger partial charge in [0.25, 0.3) is 0 Å². The lowest BCUT2D eigenvalue weighted by Crippen LogP contribution is -2.34. The van der Waals surface area contributed by atoms with Crippen LogP contribution in [0.5, 0.6) is 0 Å². The van der Waals surface area contributed by atoms with Crippen LogP contribution in [0, 0.1) is 5.92 Å². The van der Waals surface area contributed by atoms with E-state index in [-0.39, 0.29) is 0 Å². The zero-order valence-corrected chi connectivity index (χ0v) is 12.7. The summed E-state index contributed by atoms with van der Waals surface area (Å²) in [6.45, 7) is 2.91. The number of aromatic nitrogens is 1. The third kappa shape index (κ3) is 4.03. The molecule has 0 unspecified atom stereocenters. The number of nitrogens with zero attached hydrogens (tertiary/aromatic N) is 2. The number of hydrogen-bond acceptors (Lipinski definition) is 4. The van der Waals surface area contributed by atoms with Gasteiger partial charge in [-0.05, 0) is 31.6 Å². The second kappa shape index (κ2) is 6.68. The number of likely N-dealkylation sites (tertiary alicyclic amines) is 1. The maximum atomic E-state index is 12.1. The van der Waals surface area contributed by atoms with Gasteiger partial charge in [0.1, 0.15) is 0 Å². The van der Waals surface area contributed by atoms with Gasteiger partial charge in [0.05, 0.1) is 5.01 Å². The van der Waals surface area contributed by atoms with Crippen LogP contribution in [0.4, 0.5) is 0 Å². The van der Waals surface area contributed by atoms with Gasteiger partial charge in [0.2, 0.25) is 5.91 Å². The summed E-state index contributed by atoms with van der Waals surface area (Å²) in [6.07, 6.45) is 8.28. The van der Waals surface area contributed by atoms with Gasteiger partial charge in [0, 0.05) is 50.1 Å². The van der Waals surface area contributed by atoms with Gasteiger partial charge in [-0.1, -0.05) is 0 Å². The van der Waals surface area contributed by atoms with E-state index in [1.54, 1.807) is 11.3 Å². The van der Waals surface area contributed by atoms with Crippen LogP contribution >= 0.6 is 11.3 Å². The molecule has 1 aromatic rings. The Kier molecular flexibility index (Phi) is 4.68. The van der Waals surface area contributed by atoms with E-state index in [0.717, 1.165) is 44.8 Å². The molecule has 1 atom stereocenters. The lowest BCUT2D eigenvalue weighted by molar-refractivity contribution is -0.130. The SMILES string of the molecule is O=C1CC[C@@H](NCCc2nccs2)CCN1CC1CC1. The van der Waals surface area contributed by atoms with E-state index in [2.05, 4.69) is 15.2 Å². The van der Waals surface area contributed by atoms with Crippen molar-refractivity contribution in [2.24, 2.45) is 5.92 Å². The van der Waals surface area contributed by atoms with Crippen LogP contribution in [0.15, 0.2) is 11.6 Å². The molecule has 5 heteroatoms. The fraction of sp³-hybridized carbons (Fsp3) is 0.733. The van der Waals surface area contributed by atoms with Crippen molar-refractivity contribution in [1.29, 1.82) is 0 Å². The third-order valence-electron chi connectivity index (χ3n) is 4.24. The van der Waals surface area contributed by atoms with Gasteiger partial charge in [-0.2, -0.15) is 0 Å². The summed E-state index contributed by atoms with van der Waals surface area (Å²) in [5.74, 6) is 1.16. The first-order valence-electron chi connectivity index (χ1n) is 7.71. The maximum Gasteiger partial charge on any atom is 0.222 e. The first kappa shape index (κ1) is 14.0. The smallest absolute Gasteiger partial charge is 0.222 e. The van der Waals surface area contributed by atoms with Crippen LogP contribution in [0.25, 0.3) is 0 Å². The van der Waals surface area contributed by atoms with Crippen LogP contribution in [-0.4, -0.2) is 41.5 Å². The maximum absolute atomic E-state index is 12.1. The Bertz CT molecular complexity index is 430. The molecule has 2 aliphatic rings. The first-order chi connectivity index (χ1) is 9.81.